The molecule has 0 radical (unpaired) electrons. The Bertz CT molecular complexity index is 856. The number of amides is 1. The Labute approximate surface area is 149 Å². The van der Waals surface area contributed by atoms with Gasteiger partial charge in [-0.25, -0.2) is 4.99 Å². The number of aliphatic imine (C=N–C) groups is 1. The van der Waals surface area contributed by atoms with Crippen molar-refractivity contribution in [3.63, 3.8) is 0 Å². The van der Waals surface area contributed by atoms with Crippen LogP contribution in [-0.2, 0) is 0 Å². The summed E-state index contributed by atoms with van der Waals surface area (Å²) in [4.78, 5) is 19.0. The van der Waals surface area contributed by atoms with Gasteiger partial charge in [0.05, 0.1) is 17.3 Å². The van der Waals surface area contributed by atoms with Gasteiger partial charge in [-0.2, -0.15) is 5.26 Å². The van der Waals surface area contributed by atoms with E-state index in [1.807, 2.05) is 25.1 Å². The number of halogens is 1. The zero-order valence-electron chi connectivity index (χ0n) is 13.0. The van der Waals surface area contributed by atoms with Crippen LogP contribution in [0, 0.1) is 18.3 Å². The molecule has 6 heteroatoms. The fourth-order valence-electron chi connectivity index (χ4n) is 2.35. The van der Waals surface area contributed by atoms with Crippen LogP contribution in [0.5, 0.6) is 0 Å². The number of carbonyl (C=O) groups excluding carboxylic acids is 1. The molecule has 0 bridgehead atoms. The van der Waals surface area contributed by atoms with Crippen molar-refractivity contribution < 1.29 is 4.79 Å². The van der Waals surface area contributed by atoms with Gasteiger partial charge < -0.3 is 0 Å². The molecule has 0 N–H and O–H groups in total. The quantitative estimate of drug-likeness (QED) is 0.802. The molecule has 4 nitrogen and oxygen atoms in total. The molecule has 0 atom stereocenters. The maximum atomic E-state index is 12.7. The molecule has 120 valence electrons. The first-order valence-electron chi connectivity index (χ1n) is 7.39. The second kappa shape index (κ2) is 7.08. The second-order valence-electron chi connectivity index (χ2n) is 5.27. The summed E-state index contributed by atoms with van der Waals surface area (Å²) in [5.41, 5.74) is 2.74. The molecule has 3 rings (SSSR count). The summed E-state index contributed by atoms with van der Waals surface area (Å²) in [7, 11) is 0. The Hall–Kier alpha value is -2.29. The van der Waals surface area contributed by atoms with Crippen LogP contribution in [0.2, 0.25) is 5.02 Å². The lowest BCUT2D eigenvalue weighted by molar-refractivity contribution is 0.0859. The number of benzene rings is 2. The number of nitrogens with zero attached hydrogens (tertiary/aromatic N) is 3. The van der Waals surface area contributed by atoms with E-state index in [1.165, 1.54) is 0 Å². The summed E-state index contributed by atoms with van der Waals surface area (Å²) < 4.78 is 0. The summed E-state index contributed by atoms with van der Waals surface area (Å²) in [6.07, 6.45) is 0. The highest BCUT2D eigenvalue weighted by Crippen LogP contribution is 2.29. The van der Waals surface area contributed by atoms with Gasteiger partial charge in [-0.15, -0.1) is 0 Å². The molecular weight excluding hydrogens is 342 g/mol. The van der Waals surface area contributed by atoms with Crippen LogP contribution in [0.15, 0.2) is 47.5 Å². The minimum absolute atomic E-state index is 0.108. The van der Waals surface area contributed by atoms with Gasteiger partial charge in [-0.05, 0) is 48.9 Å². The Morgan fingerprint density at radius 3 is 2.75 bits per heavy atom. The Morgan fingerprint density at radius 1 is 1.29 bits per heavy atom. The molecule has 1 saturated heterocycles. The highest BCUT2D eigenvalue weighted by Gasteiger charge is 2.27. The molecule has 2 aromatic rings. The van der Waals surface area contributed by atoms with Gasteiger partial charge >= 0.3 is 0 Å². The van der Waals surface area contributed by atoms with E-state index in [1.54, 1.807) is 40.9 Å². The standard InChI is InChI=1S/C18H14ClN3OS/c1-12-15(19)3-2-4-16(12)21-18-22(9-10-24-18)17(23)14-7-5-13(11-20)6-8-14/h2-8H,9-10H2,1H3. The maximum absolute atomic E-state index is 12.7. The summed E-state index contributed by atoms with van der Waals surface area (Å²) >= 11 is 7.69. The van der Waals surface area contributed by atoms with Crippen molar-refractivity contribution in [2.45, 2.75) is 6.92 Å². The van der Waals surface area contributed by atoms with Gasteiger partial charge in [0, 0.05) is 22.9 Å². The number of hydrogen-bond acceptors (Lipinski definition) is 4. The third-order valence-corrected chi connectivity index (χ3v) is 5.10. The van der Waals surface area contributed by atoms with Gasteiger partial charge in [0.25, 0.3) is 5.91 Å². The Balaban J connectivity index is 1.89. The summed E-state index contributed by atoms with van der Waals surface area (Å²) in [6, 6.07) is 14.2. The van der Waals surface area contributed by atoms with E-state index >= 15 is 0 Å². The van der Waals surface area contributed by atoms with Crippen LogP contribution in [0.4, 0.5) is 5.69 Å². The highest BCUT2D eigenvalue weighted by atomic mass is 35.5. The van der Waals surface area contributed by atoms with Crippen molar-refractivity contribution in [2.75, 3.05) is 12.3 Å². The third-order valence-electron chi connectivity index (χ3n) is 3.74. The lowest BCUT2D eigenvalue weighted by Gasteiger charge is -2.16. The number of thioether (sulfide) groups is 1. The van der Waals surface area contributed by atoms with Crippen LogP contribution in [0.1, 0.15) is 21.5 Å². The van der Waals surface area contributed by atoms with E-state index < -0.39 is 0 Å². The molecule has 0 aliphatic carbocycles. The third kappa shape index (κ3) is 3.30. The second-order valence-corrected chi connectivity index (χ2v) is 6.74. The number of amidine groups is 1. The van der Waals surface area contributed by atoms with Gasteiger partial charge in [0.2, 0.25) is 0 Å². The van der Waals surface area contributed by atoms with Crippen molar-refractivity contribution in [1.29, 1.82) is 5.26 Å². The minimum atomic E-state index is -0.108. The van der Waals surface area contributed by atoms with E-state index in [2.05, 4.69) is 11.1 Å². The minimum Gasteiger partial charge on any atom is -0.286 e. The molecule has 1 amide bonds. The average Bonchev–Trinajstić information content (AvgIpc) is 3.06. The first-order valence-corrected chi connectivity index (χ1v) is 8.75. The van der Waals surface area contributed by atoms with Gasteiger partial charge in [-0.1, -0.05) is 29.4 Å². The van der Waals surface area contributed by atoms with E-state index in [4.69, 9.17) is 16.9 Å². The van der Waals surface area contributed by atoms with E-state index in [0.29, 0.717) is 27.9 Å². The zero-order valence-corrected chi connectivity index (χ0v) is 14.6. The van der Waals surface area contributed by atoms with Crippen molar-refractivity contribution in [1.82, 2.24) is 4.90 Å². The van der Waals surface area contributed by atoms with E-state index in [9.17, 15) is 4.79 Å². The van der Waals surface area contributed by atoms with Crippen LogP contribution in [0.25, 0.3) is 0 Å². The number of rotatable bonds is 2. The summed E-state index contributed by atoms with van der Waals surface area (Å²) in [5, 5.41) is 10.2. The van der Waals surface area contributed by atoms with Gasteiger partial charge in [0.1, 0.15) is 0 Å². The van der Waals surface area contributed by atoms with E-state index in [0.717, 1.165) is 17.0 Å². The highest BCUT2D eigenvalue weighted by molar-refractivity contribution is 8.14. The predicted molar refractivity (Wildman–Crippen MR) is 97.9 cm³/mol. The lowest BCUT2D eigenvalue weighted by atomic mass is 10.1. The monoisotopic (exact) mass is 355 g/mol. The molecule has 0 spiro atoms. The van der Waals surface area contributed by atoms with Crippen LogP contribution in [0.3, 0.4) is 0 Å². The molecule has 0 unspecified atom stereocenters. The van der Waals surface area contributed by atoms with Gasteiger partial charge in [0.15, 0.2) is 5.17 Å². The van der Waals surface area contributed by atoms with Crippen molar-refractivity contribution >= 4 is 40.1 Å². The average molecular weight is 356 g/mol. The largest absolute Gasteiger partial charge is 0.286 e. The molecule has 0 aromatic heterocycles. The summed E-state index contributed by atoms with van der Waals surface area (Å²) in [5.74, 6) is 0.698. The van der Waals surface area contributed by atoms with Gasteiger partial charge in [-0.3, -0.25) is 9.69 Å². The predicted octanol–water partition coefficient (Wildman–Crippen LogP) is 4.40. The van der Waals surface area contributed by atoms with Crippen LogP contribution in [-0.4, -0.2) is 28.3 Å². The number of nitriles is 1. The normalized spacial score (nSPS) is 15.5. The molecular formula is C18H14ClN3OS. The van der Waals surface area contributed by atoms with Crippen LogP contribution < -0.4 is 0 Å². The van der Waals surface area contributed by atoms with Crippen molar-refractivity contribution in [3.8, 4) is 6.07 Å². The van der Waals surface area contributed by atoms with Crippen molar-refractivity contribution in [3.05, 3.63) is 64.2 Å². The molecule has 1 fully saturated rings. The molecule has 24 heavy (non-hydrogen) atoms. The SMILES string of the molecule is Cc1c(Cl)cccc1N=C1SCCN1C(=O)c1ccc(C#N)cc1. The Kier molecular flexibility index (Phi) is 4.89. The molecule has 0 saturated carbocycles. The topological polar surface area (TPSA) is 56.5 Å². The smallest absolute Gasteiger partial charge is 0.259 e. The van der Waals surface area contributed by atoms with Crippen molar-refractivity contribution in [2.24, 2.45) is 4.99 Å². The molecule has 1 heterocycles. The Morgan fingerprint density at radius 2 is 2.04 bits per heavy atom. The summed E-state index contributed by atoms with van der Waals surface area (Å²) in [6.45, 7) is 2.52. The molecule has 2 aromatic carbocycles. The fourth-order valence-corrected chi connectivity index (χ4v) is 3.47. The van der Waals surface area contributed by atoms with Crippen LogP contribution >= 0.6 is 23.4 Å². The molecule has 1 aliphatic rings. The first-order chi connectivity index (χ1) is 11.6. The fraction of sp³-hybridized carbons (Fsp3) is 0.167. The number of carbonyl (C=O) groups is 1. The first kappa shape index (κ1) is 16.6. The van der Waals surface area contributed by atoms with E-state index in [-0.39, 0.29) is 5.91 Å². The number of hydrogen-bond donors (Lipinski definition) is 0. The lowest BCUT2D eigenvalue weighted by Crippen LogP contribution is -2.31. The molecule has 1 aliphatic heterocycles. The zero-order chi connectivity index (χ0) is 17.1. The maximum Gasteiger partial charge on any atom is 0.259 e.